The molecule has 1 aromatic heterocycles. The van der Waals surface area contributed by atoms with Crippen molar-refractivity contribution in [2.75, 3.05) is 6.54 Å². The Morgan fingerprint density at radius 3 is 2.75 bits per heavy atom. The maximum Gasteiger partial charge on any atom is 0.254 e. The smallest absolute Gasteiger partial charge is 0.254 e. The van der Waals surface area contributed by atoms with Gasteiger partial charge in [0.2, 0.25) is 5.89 Å². The van der Waals surface area contributed by atoms with E-state index < -0.39 is 11.7 Å². The Labute approximate surface area is 139 Å². The number of oxazole rings is 1. The summed E-state index contributed by atoms with van der Waals surface area (Å²) >= 11 is 0. The van der Waals surface area contributed by atoms with Crippen molar-refractivity contribution < 1.29 is 13.6 Å². The minimum atomic E-state index is -0.484. The molecule has 0 atom stereocenters. The van der Waals surface area contributed by atoms with E-state index >= 15 is 0 Å². The van der Waals surface area contributed by atoms with Gasteiger partial charge in [0.1, 0.15) is 12.1 Å². The molecule has 0 saturated carbocycles. The molecular formula is C19H17FN2O2. The van der Waals surface area contributed by atoms with Gasteiger partial charge in [-0.2, -0.15) is 0 Å². The van der Waals surface area contributed by atoms with E-state index in [4.69, 9.17) is 4.42 Å². The molecule has 0 saturated heterocycles. The van der Waals surface area contributed by atoms with Crippen LogP contribution in [0.25, 0.3) is 11.5 Å². The number of benzene rings is 2. The Hall–Kier alpha value is -2.95. The Kier molecular flexibility index (Phi) is 4.70. The summed E-state index contributed by atoms with van der Waals surface area (Å²) in [6.45, 7) is 1.99. The third-order valence-corrected chi connectivity index (χ3v) is 3.68. The molecule has 0 unspecified atom stereocenters. The van der Waals surface area contributed by atoms with Crippen molar-refractivity contribution in [2.45, 2.75) is 13.3 Å². The number of rotatable bonds is 5. The van der Waals surface area contributed by atoms with Gasteiger partial charge in [0, 0.05) is 18.5 Å². The van der Waals surface area contributed by atoms with Gasteiger partial charge in [0.25, 0.3) is 5.91 Å². The lowest BCUT2D eigenvalue weighted by atomic mass is 10.1. The van der Waals surface area contributed by atoms with Crippen LogP contribution in [-0.4, -0.2) is 17.4 Å². The third-order valence-electron chi connectivity index (χ3n) is 3.68. The molecule has 0 bridgehead atoms. The molecule has 2 aromatic carbocycles. The van der Waals surface area contributed by atoms with Crippen molar-refractivity contribution >= 4 is 5.91 Å². The molecule has 4 nitrogen and oxygen atoms in total. The van der Waals surface area contributed by atoms with Gasteiger partial charge >= 0.3 is 0 Å². The second-order valence-corrected chi connectivity index (χ2v) is 5.45. The Morgan fingerprint density at radius 2 is 1.96 bits per heavy atom. The van der Waals surface area contributed by atoms with Crippen molar-refractivity contribution in [2.24, 2.45) is 0 Å². The fourth-order valence-corrected chi connectivity index (χ4v) is 2.36. The van der Waals surface area contributed by atoms with Gasteiger partial charge in [0.05, 0.1) is 11.3 Å². The highest BCUT2D eigenvalue weighted by molar-refractivity contribution is 5.94. The molecule has 3 aromatic rings. The summed E-state index contributed by atoms with van der Waals surface area (Å²) < 4.78 is 19.3. The lowest BCUT2D eigenvalue weighted by molar-refractivity contribution is 0.0950. The highest BCUT2D eigenvalue weighted by Gasteiger charge is 2.13. The van der Waals surface area contributed by atoms with E-state index in [-0.39, 0.29) is 5.56 Å². The van der Waals surface area contributed by atoms with Crippen LogP contribution >= 0.6 is 0 Å². The van der Waals surface area contributed by atoms with Crippen molar-refractivity contribution in [1.29, 1.82) is 0 Å². The fraction of sp³-hybridized carbons (Fsp3) is 0.158. The van der Waals surface area contributed by atoms with Gasteiger partial charge in [-0.25, -0.2) is 9.37 Å². The number of carbonyl (C=O) groups is 1. The van der Waals surface area contributed by atoms with Crippen LogP contribution in [0.15, 0.2) is 59.2 Å². The number of nitrogens with one attached hydrogen (secondary N) is 1. The van der Waals surface area contributed by atoms with Gasteiger partial charge in [-0.3, -0.25) is 4.79 Å². The first kappa shape index (κ1) is 15.9. The van der Waals surface area contributed by atoms with E-state index in [1.807, 2.05) is 30.3 Å². The first-order chi connectivity index (χ1) is 11.6. The molecule has 0 spiro atoms. The van der Waals surface area contributed by atoms with Crippen LogP contribution in [0.2, 0.25) is 0 Å². The Morgan fingerprint density at radius 1 is 1.17 bits per heavy atom. The minimum absolute atomic E-state index is 0.0557. The van der Waals surface area contributed by atoms with Crippen molar-refractivity contribution in [3.8, 4) is 11.5 Å². The van der Waals surface area contributed by atoms with Gasteiger partial charge in [-0.1, -0.05) is 30.3 Å². The molecule has 3 rings (SSSR count). The van der Waals surface area contributed by atoms with Crippen LogP contribution < -0.4 is 5.32 Å². The normalized spacial score (nSPS) is 10.6. The summed E-state index contributed by atoms with van der Waals surface area (Å²) in [5.41, 5.74) is 2.14. The van der Waals surface area contributed by atoms with Gasteiger partial charge < -0.3 is 9.73 Å². The summed E-state index contributed by atoms with van der Waals surface area (Å²) in [7, 11) is 0. The van der Waals surface area contributed by atoms with Crippen molar-refractivity contribution in [1.82, 2.24) is 10.3 Å². The highest BCUT2D eigenvalue weighted by Crippen LogP contribution is 2.18. The molecule has 0 fully saturated rings. The second kappa shape index (κ2) is 7.08. The zero-order valence-electron chi connectivity index (χ0n) is 13.3. The number of halogens is 1. The quantitative estimate of drug-likeness (QED) is 0.777. The average molecular weight is 324 g/mol. The first-order valence-corrected chi connectivity index (χ1v) is 7.68. The maximum absolute atomic E-state index is 13.9. The summed E-state index contributed by atoms with van der Waals surface area (Å²) in [6, 6.07) is 14.3. The van der Waals surface area contributed by atoms with Gasteiger partial charge in [-0.15, -0.1) is 0 Å². The number of hydrogen-bond donors (Lipinski definition) is 1. The van der Waals surface area contributed by atoms with E-state index in [1.165, 1.54) is 6.07 Å². The molecule has 1 N–H and O–H groups in total. The molecule has 0 aliphatic carbocycles. The number of hydrogen-bond acceptors (Lipinski definition) is 3. The van der Waals surface area contributed by atoms with Crippen LogP contribution in [0.1, 0.15) is 21.6 Å². The van der Waals surface area contributed by atoms with E-state index in [1.54, 1.807) is 25.3 Å². The highest BCUT2D eigenvalue weighted by atomic mass is 19.1. The van der Waals surface area contributed by atoms with Crippen LogP contribution in [0.4, 0.5) is 4.39 Å². The summed E-state index contributed by atoms with van der Waals surface area (Å²) in [4.78, 5) is 16.4. The lowest BCUT2D eigenvalue weighted by Crippen LogP contribution is -2.26. The SMILES string of the molecule is Cc1cccc(C(=O)NCCc2coc(-c3ccccc3)n2)c1F. The van der Waals surface area contributed by atoms with Crippen LogP contribution in [-0.2, 0) is 6.42 Å². The van der Waals surface area contributed by atoms with Gasteiger partial charge in [-0.05, 0) is 30.7 Å². The largest absolute Gasteiger partial charge is 0.444 e. The van der Waals surface area contributed by atoms with Gasteiger partial charge in [0.15, 0.2) is 0 Å². The molecule has 122 valence electrons. The zero-order valence-corrected chi connectivity index (χ0v) is 13.3. The first-order valence-electron chi connectivity index (χ1n) is 7.68. The molecule has 24 heavy (non-hydrogen) atoms. The van der Waals surface area contributed by atoms with Crippen LogP contribution in [0, 0.1) is 12.7 Å². The Bertz CT molecular complexity index is 844. The van der Waals surface area contributed by atoms with Crippen molar-refractivity contribution in [3.05, 3.63) is 77.4 Å². The Balaban J connectivity index is 1.58. The number of aryl methyl sites for hydroxylation is 1. The predicted octanol–water partition coefficient (Wildman–Crippen LogP) is 3.76. The van der Waals surface area contributed by atoms with Crippen molar-refractivity contribution in [3.63, 3.8) is 0 Å². The fourth-order valence-electron chi connectivity index (χ4n) is 2.36. The molecule has 0 aliphatic rings. The molecule has 1 heterocycles. The van der Waals surface area contributed by atoms with E-state index in [9.17, 15) is 9.18 Å². The van der Waals surface area contributed by atoms with E-state index in [0.717, 1.165) is 11.3 Å². The molecule has 1 amide bonds. The summed E-state index contributed by atoms with van der Waals surface area (Å²) in [6.07, 6.45) is 2.08. The van der Waals surface area contributed by atoms with Crippen LogP contribution in [0.5, 0.6) is 0 Å². The number of aromatic nitrogens is 1. The lowest BCUT2D eigenvalue weighted by Gasteiger charge is -2.06. The molecule has 0 radical (unpaired) electrons. The second-order valence-electron chi connectivity index (χ2n) is 5.45. The number of carbonyl (C=O) groups excluding carboxylic acids is 1. The zero-order chi connectivity index (χ0) is 16.9. The molecular weight excluding hydrogens is 307 g/mol. The average Bonchev–Trinajstić information content (AvgIpc) is 3.07. The predicted molar refractivity (Wildman–Crippen MR) is 89.1 cm³/mol. The topological polar surface area (TPSA) is 55.1 Å². The maximum atomic E-state index is 13.9. The van der Waals surface area contributed by atoms with E-state index in [2.05, 4.69) is 10.3 Å². The molecule has 0 aliphatic heterocycles. The number of amides is 1. The third kappa shape index (κ3) is 3.51. The monoisotopic (exact) mass is 324 g/mol. The van der Waals surface area contributed by atoms with E-state index in [0.29, 0.717) is 24.4 Å². The summed E-state index contributed by atoms with van der Waals surface area (Å²) in [5.74, 6) is -0.368. The summed E-state index contributed by atoms with van der Waals surface area (Å²) in [5, 5.41) is 2.70. The number of nitrogens with zero attached hydrogens (tertiary/aromatic N) is 1. The van der Waals surface area contributed by atoms with Crippen LogP contribution in [0.3, 0.4) is 0 Å². The minimum Gasteiger partial charge on any atom is -0.444 e. The standard InChI is InChI=1S/C19H17FN2O2/c1-13-6-5-9-16(17(13)20)18(23)21-11-10-15-12-24-19(22-15)14-7-3-2-4-8-14/h2-9,12H,10-11H2,1H3,(H,21,23). The molecule has 5 heteroatoms.